The Balaban J connectivity index is 2.30. The fourth-order valence-electron chi connectivity index (χ4n) is 3.50. The second-order valence-electron chi connectivity index (χ2n) is 6.89. The van der Waals surface area contributed by atoms with Crippen molar-refractivity contribution in [2.75, 3.05) is 0 Å². The van der Waals surface area contributed by atoms with Gasteiger partial charge >= 0.3 is 0 Å². The molecule has 3 rings (SSSR count). The third kappa shape index (κ3) is 2.98. The predicted molar refractivity (Wildman–Crippen MR) is 105 cm³/mol. The van der Waals surface area contributed by atoms with E-state index in [0.29, 0.717) is 11.3 Å². The standard InChI is InChI=1S/C22H21ClFNO2/c1-10-11(2)13(4)18(14(5)12(10)3)22(26)19-15(6)27-25-21(19)20-16(23)8-7-9-17(20)24/h7-9H,1-6H3. The first-order valence-corrected chi connectivity index (χ1v) is 9.06. The van der Waals surface area contributed by atoms with Crippen LogP contribution in [0.2, 0.25) is 5.02 Å². The molecule has 1 aromatic heterocycles. The Kier molecular flexibility index (Phi) is 4.96. The SMILES string of the molecule is Cc1onc(-c2c(F)cccc2Cl)c1C(=O)c1c(C)c(C)c(C)c(C)c1C. The molecule has 0 aliphatic heterocycles. The van der Waals surface area contributed by atoms with Crippen LogP contribution in [0.25, 0.3) is 11.3 Å². The minimum Gasteiger partial charge on any atom is -0.360 e. The summed E-state index contributed by atoms with van der Waals surface area (Å²) in [7, 11) is 0. The van der Waals surface area contributed by atoms with Crippen LogP contribution in [-0.4, -0.2) is 10.9 Å². The molecule has 0 aliphatic rings. The molecule has 0 bridgehead atoms. The van der Waals surface area contributed by atoms with Gasteiger partial charge in [0, 0.05) is 5.56 Å². The van der Waals surface area contributed by atoms with Gasteiger partial charge in [-0.3, -0.25) is 4.79 Å². The monoisotopic (exact) mass is 385 g/mol. The molecule has 0 spiro atoms. The number of ketones is 1. The highest BCUT2D eigenvalue weighted by Gasteiger charge is 2.29. The van der Waals surface area contributed by atoms with Gasteiger partial charge in [-0.05, 0) is 81.5 Å². The number of benzene rings is 2. The zero-order valence-corrected chi connectivity index (χ0v) is 17.0. The van der Waals surface area contributed by atoms with E-state index in [-0.39, 0.29) is 27.6 Å². The molecule has 0 aliphatic carbocycles. The predicted octanol–water partition coefficient (Wildman–Crippen LogP) is 6.22. The Hall–Kier alpha value is -2.46. The molecule has 0 saturated heterocycles. The molecule has 27 heavy (non-hydrogen) atoms. The van der Waals surface area contributed by atoms with Crippen LogP contribution in [0.15, 0.2) is 22.7 Å². The number of halogens is 2. The molecular weight excluding hydrogens is 365 g/mol. The summed E-state index contributed by atoms with van der Waals surface area (Å²) in [4.78, 5) is 13.5. The quantitative estimate of drug-likeness (QED) is 0.503. The van der Waals surface area contributed by atoms with Crippen molar-refractivity contribution in [1.82, 2.24) is 5.16 Å². The molecule has 0 atom stereocenters. The second-order valence-corrected chi connectivity index (χ2v) is 7.30. The van der Waals surface area contributed by atoms with Gasteiger partial charge in [-0.1, -0.05) is 22.8 Å². The van der Waals surface area contributed by atoms with E-state index in [9.17, 15) is 9.18 Å². The highest BCUT2D eigenvalue weighted by atomic mass is 35.5. The number of aryl methyl sites for hydroxylation is 1. The Morgan fingerprint density at radius 3 is 2.04 bits per heavy atom. The van der Waals surface area contributed by atoms with Gasteiger partial charge in [-0.25, -0.2) is 4.39 Å². The average molecular weight is 386 g/mol. The molecule has 3 nitrogen and oxygen atoms in total. The number of rotatable bonds is 3. The highest BCUT2D eigenvalue weighted by Crippen LogP contribution is 2.36. The fourth-order valence-corrected chi connectivity index (χ4v) is 3.75. The normalized spacial score (nSPS) is 11.1. The van der Waals surface area contributed by atoms with Gasteiger partial charge in [-0.15, -0.1) is 0 Å². The summed E-state index contributed by atoms with van der Waals surface area (Å²) in [5.41, 5.74) is 6.19. The lowest BCUT2D eigenvalue weighted by molar-refractivity contribution is 0.103. The summed E-state index contributed by atoms with van der Waals surface area (Å²) >= 11 is 6.20. The van der Waals surface area contributed by atoms with E-state index in [2.05, 4.69) is 5.16 Å². The molecule has 0 amide bonds. The van der Waals surface area contributed by atoms with Gasteiger partial charge in [0.05, 0.1) is 16.1 Å². The van der Waals surface area contributed by atoms with Crippen molar-refractivity contribution in [3.63, 3.8) is 0 Å². The third-order valence-electron chi connectivity index (χ3n) is 5.52. The number of hydrogen-bond acceptors (Lipinski definition) is 3. The van der Waals surface area contributed by atoms with E-state index in [4.69, 9.17) is 16.1 Å². The summed E-state index contributed by atoms with van der Waals surface area (Å²) < 4.78 is 19.7. The fraction of sp³-hybridized carbons (Fsp3) is 0.273. The van der Waals surface area contributed by atoms with Crippen molar-refractivity contribution in [3.05, 3.63) is 73.7 Å². The summed E-state index contributed by atoms with van der Waals surface area (Å²) in [5, 5.41) is 4.14. The molecule has 2 aromatic carbocycles. The third-order valence-corrected chi connectivity index (χ3v) is 5.83. The highest BCUT2D eigenvalue weighted by molar-refractivity contribution is 6.33. The molecule has 0 unspecified atom stereocenters. The van der Waals surface area contributed by atoms with E-state index >= 15 is 0 Å². The Morgan fingerprint density at radius 1 is 0.926 bits per heavy atom. The van der Waals surface area contributed by atoms with Crippen molar-refractivity contribution >= 4 is 17.4 Å². The van der Waals surface area contributed by atoms with E-state index < -0.39 is 5.82 Å². The number of nitrogens with zero attached hydrogens (tertiary/aromatic N) is 1. The summed E-state index contributed by atoms with van der Waals surface area (Å²) in [6.07, 6.45) is 0. The van der Waals surface area contributed by atoms with Crippen molar-refractivity contribution in [3.8, 4) is 11.3 Å². The Morgan fingerprint density at radius 2 is 1.48 bits per heavy atom. The lowest BCUT2D eigenvalue weighted by Gasteiger charge is -2.18. The van der Waals surface area contributed by atoms with Gasteiger partial charge in [0.1, 0.15) is 17.3 Å². The molecule has 140 valence electrons. The largest absolute Gasteiger partial charge is 0.360 e. The first-order chi connectivity index (χ1) is 12.7. The number of carbonyl (C=O) groups excluding carboxylic acids is 1. The lowest BCUT2D eigenvalue weighted by atomic mass is 9.85. The maximum atomic E-state index is 14.5. The van der Waals surface area contributed by atoms with Crippen molar-refractivity contribution in [2.24, 2.45) is 0 Å². The summed E-state index contributed by atoms with van der Waals surface area (Å²) in [5.74, 6) is -0.442. The molecule has 0 fully saturated rings. The molecule has 1 heterocycles. The van der Waals surface area contributed by atoms with E-state index in [1.165, 1.54) is 17.7 Å². The van der Waals surface area contributed by atoms with Crippen molar-refractivity contribution in [1.29, 1.82) is 0 Å². The first kappa shape index (κ1) is 19.3. The molecule has 0 N–H and O–H groups in total. The summed E-state index contributed by atoms with van der Waals surface area (Å²) in [6, 6.07) is 4.36. The molecule has 3 aromatic rings. The number of hydrogen-bond donors (Lipinski definition) is 0. The van der Waals surface area contributed by atoms with Crippen LogP contribution >= 0.6 is 11.6 Å². The first-order valence-electron chi connectivity index (χ1n) is 8.69. The van der Waals surface area contributed by atoms with Crippen LogP contribution in [0.4, 0.5) is 4.39 Å². The van der Waals surface area contributed by atoms with Crippen molar-refractivity contribution < 1.29 is 13.7 Å². The number of carbonyl (C=O) groups is 1. The average Bonchev–Trinajstić information content (AvgIpc) is 2.99. The molecule has 5 heteroatoms. The van der Waals surface area contributed by atoms with Gasteiger partial charge in [-0.2, -0.15) is 0 Å². The van der Waals surface area contributed by atoms with E-state index in [1.54, 1.807) is 13.0 Å². The number of aromatic nitrogens is 1. The van der Waals surface area contributed by atoms with Crippen LogP contribution in [0.3, 0.4) is 0 Å². The van der Waals surface area contributed by atoms with Crippen LogP contribution < -0.4 is 0 Å². The minimum atomic E-state index is -0.547. The zero-order valence-electron chi connectivity index (χ0n) is 16.3. The maximum Gasteiger partial charge on any atom is 0.199 e. The second kappa shape index (κ2) is 6.93. The van der Waals surface area contributed by atoms with Crippen molar-refractivity contribution in [2.45, 2.75) is 41.5 Å². The summed E-state index contributed by atoms with van der Waals surface area (Å²) in [6.45, 7) is 11.6. The van der Waals surface area contributed by atoms with Gasteiger partial charge in [0.25, 0.3) is 0 Å². The topological polar surface area (TPSA) is 43.1 Å². The van der Waals surface area contributed by atoms with Crippen LogP contribution in [-0.2, 0) is 0 Å². The van der Waals surface area contributed by atoms with Crippen LogP contribution in [0.5, 0.6) is 0 Å². The van der Waals surface area contributed by atoms with Gasteiger partial charge < -0.3 is 4.52 Å². The zero-order chi connectivity index (χ0) is 20.0. The minimum absolute atomic E-state index is 0.0789. The molecule has 0 radical (unpaired) electrons. The van der Waals surface area contributed by atoms with Crippen LogP contribution in [0.1, 0.15) is 49.5 Å². The van der Waals surface area contributed by atoms with Gasteiger partial charge in [0.15, 0.2) is 5.78 Å². The van der Waals surface area contributed by atoms with Gasteiger partial charge in [0.2, 0.25) is 0 Å². The Labute approximate surface area is 163 Å². The smallest absolute Gasteiger partial charge is 0.199 e. The van der Waals surface area contributed by atoms with Crippen LogP contribution in [0, 0.1) is 47.4 Å². The van der Waals surface area contributed by atoms with E-state index in [1.807, 2.05) is 34.6 Å². The molecular formula is C22H21ClFNO2. The lowest BCUT2D eigenvalue weighted by Crippen LogP contribution is -2.12. The van der Waals surface area contributed by atoms with E-state index in [0.717, 1.165) is 22.3 Å². The molecule has 0 saturated carbocycles. The Bertz CT molecular complexity index is 1030. The maximum absolute atomic E-state index is 14.5.